The lowest BCUT2D eigenvalue weighted by Crippen LogP contribution is -2.34. The molecule has 1 N–H and O–H groups in total. The maximum atomic E-state index is 12.7. The van der Waals surface area contributed by atoms with E-state index in [1.807, 2.05) is 45.0 Å². The normalized spacial score (nSPS) is 15.3. The van der Waals surface area contributed by atoms with Crippen LogP contribution in [0.4, 0.5) is 11.5 Å². The van der Waals surface area contributed by atoms with Gasteiger partial charge < -0.3 is 10.2 Å². The number of aryl methyl sites for hydroxylation is 3. The van der Waals surface area contributed by atoms with Gasteiger partial charge in [-0.3, -0.25) is 4.79 Å². The quantitative estimate of drug-likeness (QED) is 0.922. The summed E-state index contributed by atoms with van der Waals surface area (Å²) in [4.78, 5) is 23.9. The Labute approximate surface area is 149 Å². The molecule has 5 heteroatoms. The zero-order chi connectivity index (χ0) is 18.0. The average Bonchev–Trinajstić information content (AvgIpc) is 2.58. The number of benzene rings is 1. The van der Waals surface area contributed by atoms with Gasteiger partial charge in [-0.2, -0.15) is 0 Å². The van der Waals surface area contributed by atoms with E-state index in [1.165, 1.54) is 0 Å². The molecule has 0 atom stereocenters. The number of hydrogen-bond donors (Lipinski definition) is 1. The molecule has 1 aliphatic rings. The first-order valence-electron chi connectivity index (χ1n) is 8.92. The molecule has 1 saturated heterocycles. The van der Waals surface area contributed by atoms with Gasteiger partial charge in [-0.25, -0.2) is 9.97 Å². The van der Waals surface area contributed by atoms with Gasteiger partial charge in [0.15, 0.2) is 0 Å². The van der Waals surface area contributed by atoms with Crippen molar-refractivity contribution in [1.82, 2.24) is 9.97 Å². The van der Waals surface area contributed by atoms with E-state index in [1.54, 1.807) is 0 Å². The third kappa shape index (κ3) is 3.98. The van der Waals surface area contributed by atoms with Crippen LogP contribution in [0.15, 0.2) is 24.3 Å². The van der Waals surface area contributed by atoms with Crippen LogP contribution in [0.1, 0.15) is 47.2 Å². The van der Waals surface area contributed by atoms with Crippen molar-refractivity contribution in [1.29, 1.82) is 0 Å². The Bertz CT molecular complexity index is 759. The molecule has 2 aromatic rings. The van der Waals surface area contributed by atoms with E-state index in [4.69, 9.17) is 0 Å². The van der Waals surface area contributed by atoms with Crippen LogP contribution in [-0.4, -0.2) is 29.0 Å². The van der Waals surface area contributed by atoms with Gasteiger partial charge in [0.25, 0.3) is 5.91 Å². The molecule has 132 valence electrons. The van der Waals surface area contributed by atoms with Crippen molar-refractivity contribution in [3.8, 4) is 0 Å². The fourth-order valence-corrected chi connectivity index (χ4v) is 3.26. The Morgan fingerprint density at radius 2 is 1.76 bits per heavy atom. The third-order valence-electron chi connectivity index (χ3n) is 4.88. The highest BCUT2D eigenvalue weighted by molar-refractivity contribution is 6.04. The lowest BCUT2D eigenvalue weighted by molar-refractivity contribution is 0.102. The molecule has 0 saturated carbocycles. The molecule has 0 bridgehead atoms. The van der Waals surface area contributed by atoms with Crippen LogP contribution in [0.25, 0.3) is 0 Å². The summed E-state index contributed by atoms with van der Waals surface area (Å²) in [5, 5.41) is 3.01. The van der Waals surface area contributed by atoms with Crippen molar-refractivity contribution >= 4 is 17.4 Å². The Balaban J connectivity index is 1.83. The lowest BCUT2D eigenvalue weighted by Gasteiger charge is -2.31. The highest BCUT2D eigenvalue weighted by Crippen LogP contribution is 2.23. The van der Waals surface area contributed by atoms with Gasteiger partial charge in [-0.1, -0.05) is 25.1 Å². The van der Waals surface area contributed by atoms with E-state index in [2.05, 4.69) is 27.1 Å². The first-order valence-corrected chi connectivity index (χ1v) is 8.92. The third-order valence-corrected chi connectivity index (χ3v) is 4.88. The second-order valence-electron chi connectivity index (χ2n) is 7.05. The molecule has 0 aliphatic carbocycles. The summed E-state index contributed by atoms with van der Waals surface area (Å²) >= 11 is 0. The highest BCUT2D eigenvalue weighted by atomic mass is 16.1. The summed E-state index contributed by atoms with van der Waals surface area (Å²) in [7, 11) is 0. The van der Waals surface area contributed by atoms with Crippen LogP contribution >= 0.6 is 0 Å². The van der Waals surface area contributed by atoms with Crippen LogP contribution in [-0.2, 0) is 0 Å². The van der Waals surface area contributed by atoms with Crippen LogP contribution in [0.2, 0.25) is 0 Å². The second-order valence-corrected chi connectivity index (χ2v) is 7.05. The van der Waals surface area contributed by atoms with E-state index < -0.39 is 0 Å². The van der Waals surface area contributed by atoms with E-state index in [-0.39, 0.29) is 5.91 Å². The number of nitrogens with one attached hydrogen (secondary N) is 1. The van der Waals surface area contributed by atoms with Gasteiger partial charge in [0.1, 0.15) is 17.3 Å². The van der Waals surface area contributed by atoms with Crippen molar-refractivity contribution in [3.05, 3.63) is 46.9 Å². The summed E-state index contributed by atoms with van der Waals surface area (Å²) in [5.41, 5.74) is 3.37. The Morgan fingerprint density at radius 1 is 1.12 bits per heavy atom. The van der Waals surface area contributed by atoms with Crippen molar-refractivity contribution in [2.45, 2.75) is 40.5 Å². The molecule has 2 heterocycles. The van der Waals surface area contributed by atoms with Gasteiger partial charge >= 0.3 is 0 Å². The van der Waals surface area contributed by atoms with Crippen LogP contribution in [0.3, 0.4) is 0 Å². The number of anilines is 2. The SMILES string of the molecule is Cc1nc(C(=O)Nc2c(C)cccc2C)cc(N2CCC(C)CC2)n1. The van der Waals surface area contributed by atoms with Gasteiger partial charge in [0.2, 0.25) is 0 Å². The molecular weight excluding hydrogens is 312 g/mol. The van der Waals surface area contributed by atoms with Crippen molar-refractivity contribution < 1.29 is 4.79 Å². The Hall–Kier alpha value is -2.43. The predicted molar refractivity (Wildman–Crippen MR) is 101 cm³/mol. The van der Waals surface area contributed by atoms with Gasteiger partial charge in [-0.05, 0) is 50.7 Å². The van der Waals surface area contributed by atoms with Crippen molar-refractivity contribution in [2.75, 3.05) is 23.3 Å². The zero-order valence-electron chi connectivity index (χ0n) is 15.5. The second kappa shape index (κ2) is 7.21. The number of rotatable bonds is 3. The molecule has 0 unspecified atom stereocenters. The smallest absolute Gasteiger partial charge is 0.274 e. The van der Waals surface area contributed by atoms with E-state index >= 15 is 0 Å². The molecule has 1 fully saturated rings. The number of hydrogen-bond acceptors (Lipinski definition) is 4. The lowest BCUT2D eigenvalue weighted by atomic mass is 9.99. The van der Waals surface area contributed by atoms with Gasteiger partial charge in [-0.15, -0.1) is 0 Å². The molecule has 5 nitrogen and oxygen atoms in total. The van der Waals surface area contributed by atoms with Gasteiger partial charge in [0, 0.05) is 24.8 Å². The first-order chi connectivity index (χ1) is 11.9. The minimum absolute atomic E-state index is 0.186. The van der Waals surface area contributed by atoms with Crippen LogP contribution in [0, 0.1) is 26.7 Å². The average molecular weight is 338 g/mol. The molecule has 1 aromatic carbocycles. The number of aromatic nitrogens is 2. The van der Waals surface area contributed by atoms with E-state index in [0.717, 1.165) is 54.5 Å². The summed E-state index contributed by atoms with van der Waals surface area (Å²) in [6, 6.07) is 7.79. The zero-order valence-corrected chi connectivity index (χ0v) is 15.5. The minimum atomic E-state index is -0.186. The molecule has 1 aromatic heterocycles. The number of piperidine rings is 1. The Kier molecular flexibility index (Phi) is 5.02. The molecule has 3 rings (SSSR count). The van der Waals surface area contributed by atoms with Crippen LogP contribution < -0.4 is 10.2 Å². The summed E-state index contributed by atoms with van der Waals surface area (Å²) < 4.78 is 0. The molecular formula is C20H26N4O. The molecule has 1 amide bonds. The first kappa shape index (κ1) is 17.4. The number of carbonyl (C=O) groups is 1. The Morgan fingerprint density at radius 3 is 2.40 bits per heavy atom. The maximum Gasteiger partial charge on any atom is 0.274 e. The highest BCUT2D eigenvalue weighted by Gasteiger charge is 2.20. The monoisotopic (exact) mass is 338 g/mol. The fraction of sp³-hybridized carbons (Fsp3) is 0.450. The molecule has 0 spiro atoms. The summed E-state index contributed by atoms with van der Waals surface area (Å²) in [5.74, 6) is 2.05. The number of nitrogens with zero attached hydrogens (tertiary/aromatic N) is 3. The topological polar surface area (TPSA) is 58.1 Å². The maximum absolute atomic E-state index is 12.7. The number of carbonyl (C=O) groups excluding carboxylic acids is 1. The summed E-state index contributed by atoms with van der Waals surface area (Å²) in [6.45, 7) is 10.1. The summed E-state index contributed by atoms with van der Waals surface area (Å²) in [6.07, 6.45) is 2.32. The molecule has 1 aliphatic heterocycles. The van der Waals surface area contributed by atoms with Crippen molar-refractivity contribution in [3.63, 3.8) is 0 Å². The number of para-hydroxylation sites is 1. The fourth-order valence-electron chi connectivity index (χ4n) is 3.26. The van der Waals surface area contributed by atoms with E-state index in [9.17, 15) is 4.79 Å². The molecule has 0 radical (unpaired) electrons. The standard InChI is InChI=1S/C20H26N4O/c1-13-8-10-24(11-9-13)18-12-17(21-16(4)22-18)20(25)23-19-14(2)6-5-7-15(19)3/h5-7,12-13H,8-11H2,1-4H3,(H,23,25). The minimum Gasteiger partial charge on any atom is -0.356 e. The number of amides is 1. The van der Waals surface area contributed by atoms with Gasteiger partial charge in [0.05, 0.1) is 0 Å². The van der Waals surface area contributed by atoms with Crippen LogP contribution in [0.5, 0.6) is 0 Å². The largest absolute Gasteiger partial charge is 0.356 e. The van der Waals surface area contributed by atoms with E-state index in [0.29, 0.717) is 11.5 Å². The molecule has 25 heavy (non-hydrogen) atoms. The van der Waals surface area contributed by atoms with Crippen molar-refractivity contribution in [2.24, 2.45) is 5.92 Å². The predicted octanol–water partition coefficient (Wildman–Crippen LogP) is 3.89.